The highest BCUT2D eigenvalue weighted by atomic mass is 16.5. The van der Waals surface area contributed by atoms with Gasteiger partial charge in [-0.1, -0.05) is 26.8 Å². The number of rotatable bonds is 4. The number of carbonyl (C=O) groups excluding carboxylic acids is 1. The van der Waals surface area contributed by atoms with Gasteiger partial charge in [0.2, 0.25) is 5.91 Å². The average molecular weight is 265 g/mol. The van der Waals surface area contributed by atoms with Gasteiger partial charge in [-0.25, -0.2) is 0 Å². The molecule has 0 radical (unpaired) electrons. The molecule has 0 aliphatic carbocycles. The molecule has 4 heteroatoms. The molecule has 1 rings (SSSR count). The van der Waals surface area contributed by atoms with Crippen LogP contribution in [0.25, 0.3) is 0 Å². The molecule has 1 aromatic carbocycles. The van der Waals surface area contributed by atoms with Gasteiger partial charge in [-0.05, 0) is 30.2 Å². The van der Waals surface area contributed by atoms with Crippen molar-refractivity contribution in [3.63, 3.8) is 0 Å². The summed E-state index contributed by atoms with van der Waals surface area (Å²) in [7, 11) is 1.61. The molecule has 0 fully saturated rings. The van der Waals surface area contributed by atoms with Gasteiger partial charge in [-0.2, -0.15) is 0 Å². The van der Waals surface area contributed by atoms with Crippen LogP contribution in [0.3, 0.4) is 0 Å². The zero-order valence-electron chi connectivity index (χ0n) is 12.3. The summed E-state index contributed by atoms with van der Waals surface area (Å²) in [6, 6.07) is 5.49. The van der Waals surface area contributed by atoms with Crippen LogP contribution in [0.1, 0.15) is 38.0 Å². The number of aliphatic hydroxyl groups is 1. The summed E-state index contributed by atoms with van der Waals surface area (Å²) in [4.78, 5) is 11.7. The third-order valence-electron chi connectivity index (χ3n) is 2.94. The lowest BCUT2D eigenvalue weighted by molar-refractivity contribution is -0.128. The largest absolute Gasteiger partial charge is 0.496 e. The number of hydrogen-bond donors (Lipinski definition) is 2. The van der Waals surface area contributed by atoms with E-state index in [1.54, 1.807) is 13.2 Å². The fraction of sp³-hybridized carbons (Fsp3) is 0.533. The van der Waals surface area contributed by atoms with Crippen LogP contribution in [-0.2, 0) is 4.79 Å². The lowest BCUT2D eigenvalue weighted by Gasteiger charge is -2.20. The normalized spacial score (nSPS) is 12.9. The van der Waals surface area contributed by atoms with E-state index in [9.17, 15) is 9.90 Å². The zero-order chi connectivity index (χ0) is 14.6. The van der Waals surface area contributed by atoms with E-state index >= 15 is 0 Å². The van der Waals surface area contributed by atoms with Crippen LogP contribution in [0.15, 0.2) is 18.2 Å². The first-order chi connectivity index (χ1) is 8.75. The Kier molecular flexibility index (Phi) is 4.95. The summed E-state index contributed by atoms with van der Waals surface area (Å²) in [5, 5.41) is 12.8. The summed E-state index contributed by atoms with van der Waals surface area (Å²) in [5.74, 6) is 0.714. The number of carbonyl (C=O) groups is 1. The molecule has 0 heterocycles. The molecule has 0 bridgehead atoms. The Balaban J connectivity index is 2.66. The van der Waals surface area contributed by atoms with E-state index in [1.807, 2.05) is 39.8 Å². The molecule has 0 saturated heterocycles. The third kappa shape index (κ3) is 4.24. The SMILES string of the molecule is COc1ccc(C(O)CNC(=O)C(C)(C)C)cc1C. The predicted octanol–water partition coefficient (Wildman–Crippen LogP) is 2.20. The van der Waals surface area contributed by atoms with Crippen molar-refractivity contribution < 1.29 is 14.6 Å². The van der Waals surface area contributed by atoms with Crippen molar-refractivity contribution in [3.05, 3.63) is 29.3 Å². The topological polar surface area (TPSA) is 58.6 Å². The molecule has 1 atom stereocenters. The van der Waals surface area contributed by atoms with Crippen LogP contribution in [0.5, 0.6) is 5.75 Å². The second kappa shape index (κ2) is 6.06. The smallest absolute Gasteiger partial charge is 0.225 e. The summed E-state index contributed by atoms with van der Waals surface area (Å²) in [5.41, 5.74) is 1.28. The molecule has 0 spiro atoms. The molecular weight excluding hydrogens is 242 g/mol. The third-order valence-corrected chi connectivity index (χ3v) is 2.94. The Morgan fingerprint density at radius 3 is 2.53 bits per heavy atom. The maximum atomic E-state index is 11.7. The molecule has 1 aromatic rings. The molecule has 0 saturated carbocycles. The Hall–Kier alpha value is -1.55. The van der Waals surface area contributed by atoms with Gasteiger partial charge in [0, 0.05) is 12.0 Å². The Morgan fingerprint density at radius 2 is 2.05 bits per heavy atom. The van der Waals surface area contributed by atoms with Gasteiger partial charge in [0.15, 0.2) is 0 Å². The van der Waals surface area contributed by atoms with Gasteiger partial charge < -0.3 is 15.2 Å². The van der Waals surface area contributed by atoms with Gasteiger partial charge in [0.25, 0.3) is 0 Å². The lowest BCUT2D eigenvalue weighted by Crippen LogP contribution is -2.37. The molecule has 106 valence electrons. The van der Waals surface area contributed by atoms with Crippen molar-refractivity contribution in [2.24, 2.45) is 5.41 Å². The van der Waals surface area contributed by atoms with E-state index in [1.165, 1.54) is 0 Å². The average Bonchev–Trinajstić information content (AvgIpc) is 2.34. The fourth-order valence-electron chi connectivity index (χ4n) is 1.68. The van der Waals surface area contributed by atoms with Crippen LogP contribution in [-0.4, -0.2) is 24.7 Å². The molecule has 19 heavy (non-hydrogen) atoms. The Morgan fingerprint density at radius 1 is 1.42 bits per heavy atom. The number of benzene rings is 1. The minimum atomic E-state index is -0.712. The second-order valence-corrected chi connectivity index (χ2v) is 5.70. The minimum absolute atomic E-state index is 0.0724. The molecular formula is C15H23NO3. The lowest BCUT2D eigenvalue weighted by atomic mass is 9.95. The standard InChI is InChI=1S/C15H23NO3/c1-10-8-11(6-7-13(10)19-5)12(17)9-16-14(18)15(2,3)4/h6-8,12,17H,9H2,1-5H3,(H,16,18). The van der Waals surface area contributed by atoms with Gasteiger partial charge in [0.1, 0.15) is 5.75 Å². The van der Waals surface area contributed by atoms with Crippen molar-refractivity contribution in [1.29, 1.82) is 0 Å². The van der Waals surface area contributed by atoms with Crippen molar-refractivity contribution in [3.8, 4) is 5.75 Å². The first kappa shape index (κ1) is 15.5. The van der Waals surface area contributed by atoms with Crippen molar-refractivity contribution in [2.75, 3.05) is 13.7 Å². The Labute approximate surface area is 114 Å². The van der Waals surface area contributed by atoms with Crippen molar-refractivity contribution >= 4 is 5.91 Å². The first-order valence-corrected chi connectivity index (χ1v) is 6.36. The van der Waals surface area contributed by atoms with Crippen LogP contribution < -0.4 is 10.1 Å². The van der Waals surface area contributed by atoms with Crippen LogP contribution >= 0.6 is 0 Å². The summed E-state index contributed by atoms with van der Waals surface area (Å²) in [6.07, 6.45) is -0.712. The van der Waals surface area contributed by atoms with E-state index in [0.29, 0.717) is 0 Å². The molecule has 0 aliphatic rings. The number of aryl methyl sites for hydroxylation is 1. The number of amides is 1. The van der Waals surface area contributed by atoms with Crippen molar-refractivity contribution in [1.82, 2.24) is 5.32 Å². The highest BCUT2D eigenvalue weighted by Gasteiger charge is 2.21. The Bertz CT molecular complexity index is 449. The molecule has 1 unspecified atom stereocenters. The highest BCUT2D eigenvalue weighted by Crippen LogP contribution is 2.22. The number of hydrogen-bond acceptors (Lipinski definition) is 3. The monoisotopic (exact) mass is 265 g/mol. The van der Waals surface area contributed by atoms with Gasteiger partial charge in [-0.15, -0.1) is 0 Å². The number of aliphatic hydroxyl groups excluding tert-OH is 1. The fourth-order valence-corrected chi connectivity index (χ4v) is 1.68. The van der Waals surface area contributed by atoms with Crippen LogP contribution in [0.4, 0.5) is 0 Å². The maximum absolute atomic E-state index is 11.7. The van der Waals surface area contributed by atoms with E-state index < -0.39 is 11.5 Å². The van der Waals surface area contributed by atoms with E-state index in [0.717, 1.165) is 16.9 Å². The molecule has 4 nitrogen and oxygen atoms in total. The maximum Gasteiger partial charge on any atom is 0.225 e. The van der Waals surface area contributed by atoms with Crippen LogP contribution in [0, 0.1) is 12.3 Å². The summed E-state index contributed by atoms with van der Waals surface area (Å²) in [6.45, 7) is 7.65. The molecule has 2 N–H and O–H groups in total. The second-order valence-electron chi connectivity index (χ2n) is 5.70. The van der Waals surface area contributed by atoms with E-state index in [-0.39, 0.29) is 12.5 Å². The van der Waals surface area contributed by atoms with E-state index in [2.05, 4.69) is 5.32 Å². The number of ether oxygens (including phenoxy) is 1. The minimum Gasteiger partial charge on any atom is -0.496 e. The number of methoxy groups -OCH3 is 1. The molecule has 1 amide bonds. The van der Waals surface area contributed by atoms with Gasteiger partial charge in [0.05, 0.1) is 13.2 Å². The molecule has 0 aromatic heterocycles. The predicted molar refractivity (Wildman–Crippen MR) is 75.2 cm³/mol. The van der Waals surface area contributed by atoms with Crippen LogP contribution in [0.2, 0.25) is 0 Å². The summed E-state index contributed by atoms with van der Waals surface area (Å²) >= 11 is 0. The zero-order valence-corrected chi connectivity index (χ0v) is 12.3. The van der Waals surface area contributed by atoms with Gasteiger partial charge >= 0.3 is 0 Å². The van der Waals surface area contributed by atoms with E-state index in [4.69, 9.17) is 4.74 Å². The molecule has 0 aliphatic heterocycles. The summed E-state index contributed by atoms with van der Waals surface area (Å²) < 4.78 is 5.17. The first-order valence-electron chi connectivity index (χ1n) is 6.36. The highest BCUT2D eigenvalue weighted by molar-refractivity contribution is 5.81. The quantitative estimate of drug-likeness (QED) is 0.877. The van der Waals surface area contributed by atoms with Gasteiger partial charge in [-0.3, -0.25) is 4.79 Å². The van der Waals surface area contributed by atoms with Crippen molar-refractivity contribution in [2.45, 2.75) is 33.8 Å². The number of nitrogens with one attached hydrogen (secondary N) is 1.